The third-order valence-corrected chi connectivity index (χ3v) is 12.8. The number of aliphatic hydroxyl groups excluding tert-OH is 1. The Labute approximate surface area is 242 Å². The average molecular weight is 546 g/mol. The van der Waals surface area contributed by atoms with Crippen LogP contribution in [0.15, 0.2) is 54.6 Å². The largest absolute Gasteiger partial charge is 0.393 e. The summed E-state index contributed by atoms with van der Waals surface area (Å²) in [7, 11) is 0. The van der Waals surface area contributed by atoms with E-state index in [1.807, 2.05) is 30.3 Å². The number of carbonyl (C=O) groups is 1. The molecule has 2 aliphatic heterocycles. The van der Waals surface area contributed by atoms with Gasteiger partial charge in [-0.25, -0.2) is 5.06 Å². The number of carbonyl (C=O) groups excluding carboxylic acids is 1. The van der Waals surface area contributed by atoms with E-state index in [1.165, 1.54) is 12.8 Å². The van der Waals surface area contributed by atoms with Crippen molar-refractivity contribution in [1.29, 1.82) is 0 Å². The number of nitrogens with zero attached hydrogens (tertiary/aromatic N) is 1. The van der Waals surface area contributed by atoms with Gasteiger partial charge in [0.2, 0.25) is 0 Å². The number of rotatable bonds is 6. The Morgan fingerprint density at radius 1 is 1.00 bits per heavy atom. The predicted octanol–water partition coefficient (Wildman–Crippen LogP) is 7.53. The second-order valence-corrected chi connectivity index (χ2v) is 15.0. The summed E-state index contributed by atoms with van der Waals surface area (Å²) >= 11 is 0. The van der Waals surface area contributed by atoms with Gasteiger partial charge in [-0.1, -0.05) is 96.2 Å². The van der Waals surface area contributed by atoms with E-state index >= 15 is 0 Å². The van der Waals surface area contributed by atoms with E-state index in [9.17, 15) is 9.90 Å². The molecule has 3 saturated carbocycles. The molecule has 0 radical (unpaired) electrons. The van der Waals surface area contributed by atoms with Crippen molar-refractivity contribution in [1.82, 2.24) is 5.06 Å². The Hall–Kier alpha value is -1.91. The van der Waals surface area contributed by atoms with E-state index in [1.54, 1.807) is 5.06 Å². The fourth-order valence-corrected chi connectivity index (χ4v) is 10.2. The third kappa shape index (κ3) is 3.95. The SMILES string of the molecule is CC(C)[C@@H](C)/C=C/[C@@H](C)[C@H]1CC[C@@H]2[C@]1(C)CC[C@H]1[C@]23C=C[C@]2(C[C@@H](O)CC[C@]12C)N(C(=O)Cc1ccccc1)O3. The molecule has 40 heavy (non-hydrogen) atoms. The van der Waals surface area contributed by atoms with Crippen molar-refractivity contribution in [2.45, 2.75) is 110 Å². The Kier molecular flexibility index (Phi) is 6.94. The van der Waals surface area contributed by atoms with Gasteiger partial charge in [0, 0.05) is 23.7 Å². The first-order valence-corrected chi connectivity index (χ1v) is 16.1. The number of amides is 1. The van der Waals surface area contributed by atoms with E-state index in [2.05, 4.69) is 65.8 Å². The lowest BCUT2D eigenvalue weighted by atomic mass is 9.41. The number of benzene rings is 1. The molecule has 1 amide bonds. The van der Waals surface area contributed by atoms with Crippen molar-refractivity contribution in [3.63, 3.8) is 0 Å². The molecule has 2 bridgehead atoms. The zero-order chi connectivity index (χ0) is 28.5. The molecule has 2 spiro atoms. The molecule has 4 heteroatoms. The lowest BCUT2D eigenvalue weighted by Gasteiger charge is -2.73. The van der Waals surface area contributed by atoms with Crippen LogP contribution in [0.4, 0.5) is 0 Å². The van der Waals surface area contributed by atoms with Gasteiger partial charge in [-0.2, -0.15) is 0 Å². The highest BCUT2D eigenvalue weighted by atomic mass is 16.7. The summed E-state index contributed by atoms with van der Waals surface area (Å²) in [6.45, 7) is 14.3. The van der Waals surface area contributed by atoms with Crippen molar-refractivity contribution in [2.24, 2.45) is 46.3 Å². The quantitative estimate of drug-likeness (QED) is 0.376. The maximum Gasteiger partial charge on any atom is 0.251 e. The molecule has 1 aromatic rings. The molecule has 218 valence electrons. The van der Waals surface area contributed by atoms with Crippen LogP contribution in [0.3, 0.4) is 0 Å². The first kappa shape index (κ1) is 28.2. The molecule has 4 aliphatic carbocycles. The standard InChI is InChI=1S/C36H51NO3/c1-24(2)25(3)12-13-26(4)29-14-15-30-33(29,5)18-17-31-34(6)19-16-28(38)23-35(34)20-21-36(30,31)40-37(35)32(39)22-27-10-8-7-9-11-27/h7-13,20-21,24-26,28-31,38H,14-19,22-23H2,1-6H3/b13-12+/t25-,26+,28-,29+,30+,31+,33+,34+,35+,36-/m0/s1. The average Bonchev–Trinajstić information content (AvgIpc) is 3.29. The van der Waals surface area contributed by atoms with Crippen molar-refractivity contribution < 1.29 is 14.7 Å². The predicted molar refractivity (Wildman–Crippen MR) is 160 cm³/mol. The van der Waals surface area contributed by atoms with Crippen molar-refractivity contribution in [3.05, 3.63) is 60.2 Å². The Morgan fingerprint density at radius 2 is 1.75 bits per heavy atom. The van der Waals surface area contributed by atoms with Gasteiger partial charge in [0.1, 0.15) is 5.60 Å². The van der Waals surface area contributed by atoms with Crippen LogP contribution in [0.2, 0.25) is 0 Å². The topological polar surface area (TPSA) is 49.8 Å². The van der Waals surface area contributed by atoms with E-state index < -0.39 is 17.2 Å². The van der Waals surface area contributed by atoms with Crippen LogP contribution >= 0.6 is 0 Å². The highest BCUT2D eigenvalue weighted by molar-refractivity contribution is 5.79. The maximum absolute atomic E-state index is 14.2. The molecule has 1 aromatic carbocycles. The maximum atomic E-state index is 14.2. The summed E-state index contributed by atoms with van der Waals surface area (Å²) in [5.74, 6) is 3.15. The highest BCUT2D eigenvalue weighted by Gasteiger charge is 2.75. The fourth-order valence-electron chi connectivity index (χ4n) is 10.2. The summed E-state index contributed by atoms with van der Waals surface area (Å²) in [6, 6.07) is 10.0. The lowest BCUT2D eigenvalue weighted by Crippen LogP contribution is -2.79. The van der Waals surface area contributed by atoms with Gasteiger partial charge in [0.05, 0.1) is 18.1 Å². The molecule has 0 unspecified atom stereocenters. The van der Waals surface area contributed by atoms with E-state index in [0.717, 1.165) is 31.2 Å². The zero-order valence-electron chi connectivity index (χ0n) is 25.6. The van der Waals surface area contributed by atoms with Crippen LogP contribution < -0.4 is 0 Å². The van der Waals surface area contributed by atoms with E-state index in [-0.39, 0.29) is 16.7 Å². The van der Waals surface area contributed by atoms with Gasteiger partial charge in [0.25, 0.3) is 5.91 Å². The zero-order valence-corrected chi connectivity index (χ0v) is 25.6. The van der Waals surface area contributed by atoms with Crippen LogP contribution in [-0.4, -0.2) is 33.3 Å². The van der Waals surface area contributed by atoms with Crippen LogP contribution in [0, 0.1) is 46.3 Å². The summed E-state index contributed by atoms with van der Waals surface area (Å²) in [5, 5.41) is 12.7. The molecule has 4 fully saturated rings. The number of hydrogen-bond acceptors (Lipinski definition) is 3. The van der Waals surface area contributed by atoms with Crippen molar-refractivity contribution in [3.8, 4) is 0 Å². The molecule has 2 heterocycles. The van der Waals surface area contributed by atoms with Crippen LogP contribution in [0.25, 0.3) is 0 Å². The van der Waals surface area contributed by atoms with Crippen LogP contribution in [0.5, 0.6) is 0 Å². The van der Waals surface area contributed by atoms with Crippen LogP contribution in [0.1, 0.15) is 92.1 Å². The summed E-state index contributed by atoms with van der Waals surface area (Å²) in [4.78, 5) is 21.3. The molecule has 4 nitrogen and oxygen atoms in total. The summed E-state index contributed by atoms with van der Waals surface area (Å²) < 4.78 is 0. The summed E-state index contributed by atoms with van der Waals surface area (Å²) in [6.07, 6.45) is 16.6. The van der Waals surface area contributed by atoms with Crippen LogP contribution in [-0.2, 0) is 16.1 Å². The van der Waals surface area contributed by atoms with Gasteiger partial charge in [-0.15, -0.1) is 0 Å². The molecular weight excluding hydrogens is 494 g/mol. The van der Waals surface area contributed by atoms with Gasteiger partial charge >= 0.3 is 0 Å². The minimum atomic E-state index is -0.586. The smallest absolute Gasteiger partial charge is 0.251 e. The minimum absolute atomic E-state index is 0.0227. The highest BCUT2D eigenvalue weighted by Crippen LogP contribution is 2.73. The van der Waals surface area contributed by atoms with Gasteiger partial charge < -0.3 is 5.11 Å². The van der Waals surface area contributed by atoms with Crippen molar-refractivity contribution in [2.75, 3.05) is 0 Å². The molecule has 6 aliphatic rings. The number of allylic oxidation sites excluding steroid dienone is 2. The molecule has 7 rings (SSSR count). The number of hydrogen-bond donors (Lipinski definition) is 1. The fraction of sp³-hybridized carbons (Fsp3) is 0.694. The molecule has 0 aromatic heterocycles. The van der Waals surface area contributed by atoms with E-state index in [0.29, 0.717) is 48.3 Å². The molecule has 1 saturated heterocycles. The second kappa shape index (κ2) is 9.83. The van der Waals surface area contributed by atoms with Crippen molar-refractivity contribution >= 4 is 5.91 Å². The first-order chi connectivity index (χ1) is 19.0. The third-order valence-electron chi connectivity index (χ3n) is 12.8. The number of aliphatic hydroxyl groups is 1. The van der Waals surface area contributed by atoms with Gasteiger partial charge in [0.15, 0.2) is 0 Å². The monoisotopic (exact) mass is 545 g/mol. The molecule has 1 N–H and O–H groups in total. The molecule has 10 atom stereocenters. The normalized spacial score (nSPS) is 43.5. The second-order valence-electron chi connectivity index (χ2n) is 15.0. The first-order valence-electron chi connectivity index (χ1n) is 16.1. The number of fused-ring (bicyclic) bond motifs is 2. The minimum Gasteiger partial charge on any atom is -0.393 e. The Bertz CT molecular complexity index is 1180. The van der Waals surface area contributed by atoms with Gasteiger partial charge in [-0.05, 0) is 73.2 Å². The van der Waals surface area contributed by atoms with E-state index in [4.69, 9.17) is 4.84 Å². The Morgan fingerprint density at radius 3 is 2.48 bits per heavy atom. The Balaban J connectivity index is 1.37. The molecular formula is C36H51NO3. The summed E-state index contributed by atoms with van der Waals surface area (Å²) in [5.41, 5.74) is 0.0279. The number of hydroxylamine groups is 2. The van der Waals surface area contributed by atoms with Gasteiger partial charge in [-0.3, -0.25) is 9.63 Å². The lowest BCUT2D eigenvalue weighted by molar-refractivity contribution is -0.386.